The number of aromatic nitrogens is 1. The van der Waals surface area contributed by atoms with E-state index >= 15 is 0 Å². The first-order chi connectivity index (χ1) is 13.4. The Hall–Kier alpha value is -3.42. The Morgan fingerprint density at radius 1 is 1.18 bits per heavy atom. The Kier molecular flexibility index (Phi) is 4.46. The highest BCUT2D eigenvalue weighted by molar-refractivity contribution is 5.93. The predicted octanol–water partition coefficient (Wildman–Crippen LogP) is 3.59. The van der Waals surface area contributed by atoms with Crippen LogP contribution in [0.3, 0.4) is 0 Å². The normalized spacial score (nSPS) is 15.1. The SMILES string of the molecule is NC(=O)c1ccc(-c2ccc3oc(C4CCN(C(=O)O)CC4)nc3c2)c(F)c1. The number of carbonyl (C=O) groups is 2. The van der Waals surface area contributed by atoms with Gasteiger partial charge in [0, 0.05) is 30.1 Å². The second-order valence-corrected chi connectivity index (χ2v) is 6.84. The van der Waals surface area contributed by atoms with E-state index in [9.17, 15) is 14.0 Å². The van der Waals surface area contributed by atoms with Crippen molar-refractivity contribution in [1.29, 1.82) is 0 Å². The lowest BCUT2D eigenvalue weighted by molar-refractivity contribution is 0.0999. The molecule has 0 bridgehead atoms. The summed E-state index contributed by atoms with van der Waals surface area (Å²) in [6.45, 7) is 0.892. The molecule has 3 N–H and O–H groups in total. The summed E-state index contributed by atoms with van der Waals surface area (Å²) in [6.07, 6.45) is 0.384. The van der Waals surface area contributed by atoms with Gasteiger partial charge in [-0.3, -0.25) is 4.79 Å². The fourth-order valence-electron chi connectivity index (χ4n) is 3.51. The van der Waals surface area contributed by atoms with E-state index in [1.165, 1.54) is 17.0 Å². The molecule has 2 aromatic carbocycles. The van der Waals surface area contributed by atoms with Gasteiger partial charge in [0.2, 0.25) is 5.91 Å². The minimum atomic E-state index is -0.912. The third-order valence-electron chi connectivity index (χ3n) is 5.08. The van der Waals surface area contributed by atoms with Crippen LogP contribution in [0, 0.1) is 5.82 Å². The van der Waals surface area contributed by atoms with E-state index in [-0.39, 0.29) is 11.5 Å². The van der Waals surface area contributed by atoms with Crippen molar-refractivity contribution in [3.05, 3.63) is 53.7 Å². The number of hydrogen-bond acceptors (Lipinski definition) is 4. The van der Waals surface area contributed by atoms with Gasteiger partial charge in [0.25, 0.3) is 0 Å². The number of carboxylic acid groups (broad SMARTS) is 1. The lowest BCUT2D eigenvalue weighted by atomic mass is 9.97. The first kappa shape index (κ1) is 18.0. The van der Waals surface area contributed by atoms with Crippen LogP contribution in [-0.2, 0) is 0 Å². The van der Waals surface area contributed by atoms with Crippen molar-refractivity contribution in [2.45, 2.75) is 18.8 Å². The third-order valence-corrected chi connectivity index (χ3v) is 5.08. The number of amides is 2. The number of likely N-dealkylation sites (tertiary alicyclic amines) is 1. The summed E-state index contributed by atoms with van der Waals surface area (Å²) < 4.78 is 20.2. The molecule has 8 heteroatoms. The number of oxazole rings is 1. The molecule has 0 atom stereocenters. The number of fused-ring (bicyclic) bond motifs is 1. The van der Waals surface area contributed by atoms with Crippen LogP contribution < -0.4 is 5.73 Å². The Bertz CT molecular complexity index is 1070. The fourth-order valence-corrected chi connectivity index (χ4v) is 3.51. The van der Waals surface area contributed by atoms with Gasteiger partial charge in [0.15, 0.2) is 11.5 Å². The highest BCUT2D eigenvalue weighted by Gasteiger charge is 2.26. The molecule has 1 fully saturated rings. The van der Waals surface area contributed by atoms with Crippen molar-refractivity contribution in [3.8, 4) is 11.1 Å². The molecule has 0 radical (unpaired) electrons. The van der Waals surface area contributed by atoms with Gasteiger partial charge < -0.3 is 20.2 Å². The van der Waals surface area contributed by atoms with Crippen molar-refractivity contribution >= 4 is 23.1 Å². The van der Waals surface area contributed by atoms with Gasteiger partial charge in [-0.2, -0.15) is 0 Å². The minimum Gasteiger partial charge on any atom is -0.465 e. The largest absolute Gasteiger partial charge is 0.465 e. The fraction of sp³-hybridized carbons (Fsp3) is 0.250. The zero-order valence-corrected chi connectivity index (χ0v) is 14.9. The number of primary amides is 1. The van der Waals surface area contributed by atoms with Crippen LogP contribution in [0.2, 0.25) is 0 Å². The van der Waals surface area contributed by atoms with E-state index in [0.29, 0.717) is 54.0 Å². The second kappa shape index (κ2) is 6.95. The third kappa shape index (κ3) is 3.28. The second-order valence-electron chi connectivity index (χ2n) is 6.84. The van der Waals surface area contributed by atoms with Gasteiger partial charge in [-0.1, -0.05) is 12.1 Å². The maximum Gasteiger partial charge on any atom is 0.407 e. The topological polar surface area (TPSA) is 110 Å². The smallest absolute Gasteiger partial charge is 0.407 e. The predicted molar refractivity (Wildman–Crippen MR) is 99.5 cm³/mol. The van der Waals surface area contributed by atoms with Gasteiger partial charge in [-0.15, -0.1) is 0 Å². The Morgan fingerprint density at radius 3 is 2.57 bits per heavy atom. The van der Waals surface area contributed by atoms with Crippen molar-refractivity contribution < 1.29 is 23.5 Å². The summed E-state index contributed by atoms with van der Waals surface area (Å²) in [7, 11) is 0. The average molecular weight is 383 g/mol. The lowest BCUT2D eigenvalue weighted by Gasteiger charge is -2.28. The molecule has 2 heterocycles. The first-order valence-corrected chi connectivity index (χ1v) is 8.90. The highest BCUT2D eigenvalue weighted by atomic mass is 19.1. The molecule has 2 amide bonds. The molecule has 4 rings (SSSR count). The Morgan fingerprint density at radius 2 is 1.93 bits per heavy atom. The van der Waals surface area contributed by atoms with Crippen LogP contribution in [0.25, 0.3) is 22.2 Å². The molecule has 1 aliphatic heterocycles. The molecular formula is C20H18FN3O4. The molecular weight excluding hydrogens is 365 g/mol. The number of hydrogen-bond donors (Lipinski definition) is 2. The molecule has 144 valence electrons. The van der Waals surface area contributed by atoms with Gasteiger partial charge in [0.1, 0.15) is 11.3 Å². The molecule has 0 unspecified atom stereocenters. The summed E-state index contributed by atoms with van der Waals surface area (Å²) in [4.78, 5) is 28.1. The molecule has 0 aliphatic carbocycles. The number of halogens is 1. The van der Waals surface area contributed by atoms with Crippen molar-refractivity contribution in [3.63, 3.8) is 0 Å². The Labute approximate surface area is 159 Å². The maximum atomic E-state index is 14.4. The standard InChI is InChI=1S/C20H18FN3O4/c21-15-9-13(18(22)25)1-3-14(15)12-2-4-17-16(10-12)23-19(28-17)11-5-7-24(8-6-11)20(26)27/h1-4,9-11H,5-8H2,(H2,22,25)(H,26,27). The molecule has 1 aromatic heterocycles. The van der Waals surface area contributed by atoms with Crippen LogP contribution in [0.15, 0.2) is 40.8 Å². The number of benzene rings is 2. The van der Waals surface area contributed by atoms with E-state index in [1.807, 2.05) is 0 Å². The molecule has 7 nitrogen and oxygen atoms in total. The zero-order chi connectivity index (χ0) is 19.8. The van der Waals surface area contributed by atoms with E-state index in [1.54, 1.807) is 18.2 Å². The molecule has 0 spiro atoms. The van der Waals surface area contributed by atoms with Crippen molar-refractivity contribution in [2.75, 3.05) is 13.1 Å². The van der Waals surface area contributed by atoms with E-state index < -0.39 is 17.8 Å². The summed E-state index contributed by atoms with van der Waals surface area (Å²) >= 11 is 0. The quantitative estimate of drug-likeness (QED) is 0.718. The van der Waals surface area contributed by atoms with Crippen molar-refractivity contribution in [2.24, 2.45) is 5.73 Å². The summed E-state index contributed by atoms with van der Waals surface area (Å²) in [6, 6.07) is 9.31. The maximum absolute atomic E-state index is 14.4. The van der Waals surface area contributed by atoms with Crippen LogP contribution in [0.1, 0.15) is 35.0 Å². The van der Waals surface area contributed by atoms with Crippen molar-refractivity contribution in [1.82, 2.24) is 9.88 Å². The molecule has 3 aromatic rings. The molecule has 1 aliphatic rings. The number of piperidine rings is 1. The summed E-state index contributed by atoms with van der Waals surface area (Å²) in [5, 5.41) is 9.05. The summed E-state index contributed by atoms with van der Waals surface area (Å²) in [5.74, 6) is -0.601. The first-order valence-electron chi connectivity index (χ1n) is 8.90. The van der Waals surface area contributed by atoms with Crippen LogP contribution in [-0.4, -0.2) is 40.1 Å². The highest BCUT2D eigenvalue weighted by Crippen LogP contribution is 2.32. The van der Waals surface area contributed by atoms with E-state index in [4.69, 9.17) is 15.3 Å². The number of nitrogens with two attached hydrogens (primary N) is 1. The lowest BCUT2D eigenvalue weighted by Crippen LogP contribution is -2.36. The monoisotopic (exact) mass is 383 g/mol. The van der Waals surface area contributed by atoms with Gasteiger partial charge in [0.05, 0.1) is 0 Å². The number of carbonyl (C=O) groups excluding carboxylic acids is 1. The molecule has 1 saturated heterocycles. The molecule has 28 heavy (non-hydrogen) atoms. The van der Waals surface area contributed by atoms with Gasteiger partial charge in [-0.25, -0.2) is 14.2 Å². The average Bonchev–Trinajstić information content (AvgIpc) is 3.11. The van der Waals surface area contributed by atoms with Crippen LogP contribution in [0.4, 0.5) is 9.18 Å². The van der Waals surface area contributed by atoms with Crippen LogP contribution >= 0.6 is 0 Å². The number of nitrogens with zero attached hydrogens (tertiary/aromatic N) is 2. The molecule has 0 saturated carbocycles. The number of rotatable bonds is 3. The van der Waals surface area contributed by atoms with Gasteiger partial charge in [-0.05, 0) is 42.7 Å². The zero-order valence-electron chi connectivity index (χ0n) is 14.9. The van der Waals surface area contributed by atoms with E-state index in [2.05, 4.69) is 4.98 Å². The minimum absolute atomic E-state index is 0.0537. The van der Waals surface area contributed by atoms with Gasteiger partial charge >= 0.3 is 6.09 Å². The van der Waals surface area contributed by atoms with Crippen LogP contribution in [0.5, 0.6) is 0 Å². The van der Waals surface area contributed by atoms with E-state index in [0.717, 1.165) is 6.07 Å². The summed E-state index contributed by atoms with van der Waals surface area (Å²) in [5.41, 5.74) is 7.44. The Balaban J connectivity index is 1.61.